The predicted octanol–water partition coefficient (Wildman–Crippen LogP) is 6.15. The van der Waals surface area contributed by atoms with Crippen LogP contribution in [-0.2, 0) is 37.1 Å². The summed E-state index contributed by atoms with van der Waals surface area (Å²) in [6.07, 6.45) is -1.10. The van der Waals surface area contributed by atoms with Crippen LogP contribution in [-0.4, -0.2) is 58.9 Å². The van der Waals surface area contributed by atoms with E-state index in [-0.39, 0.29) is 56.0 Å². The molecular formula is C49H57N5O6. The fourth-order valence-corrected chi connectivity index (χ4v) is 8.10. The molecule has 0 fully saturated rings. The zero-order valence-corrected chi connectivity index (χ0v) is 34.9. The van der Waals surface area contributed by atoms with Gasteiger partial charge in [-0.2, -0.15) is 0 Å². The maximum Gasteiger partial charge on any atom is 0.242 e. The number of aliphatic hydroxyl groups is 1. The van der Waals surface area contributed by atoms with Gasteiger partial charge >= 0.3 is 0 Å². The van der Waals surface area contributed by atoms with Crippen LogP contribution in [0.2, 0.25) is 0 Å². The molecule has 0 aromatic heterocycles. The smallest absolute Gasteiger partial charge is 0.242 e. The second-order valence-corrected chi connectivity index (χ2v) is 16.7. The first-order chi connectivity index (χ1) is 28.9. The lowest BCUT2D eigenvalue weighted by molar-refractivity contribution is -0.132. The number of carbonyl (C=O) groups excluding carboxylic acids is 5. The average molecular weight is 812 g/mol. The molecule has 1 aliphatic heterocycles. The fraction of sp³-hybridized carbons (Fsp3) is 0.367. The Bertz CT molecular complexity index is 2230. The maximum absolute atomic E-state index is 15.0. The summed E-state index contributed by atoms with van der Waals surface area (Å²) in [5.41, 5.74) is 3.16. The molecule has 0 unspecified atom stereocenters. The summed E-state index contributed by atoms with van der Waals surface area (Å²) in [7, 11) is 0. The van der Waals surface area contributed by atoms with E-state index in [2.05, 4.69) is 26.6 Å². The number of fused-ring (bicyclic) bond motifs is 4. The van der Waals surface area contributed by atoms with Crippen molar-refractivity contribution in [2.45, 2.75) is 103 Å². The van der Waals surface area contributed by atoms with Gasteiger partial charge in [-0.05, 0) is 74.9 Å². The molecule has 5 aromatic rings. The van der Waals surface area contributed by atoms with Crippen molar-refractivity contribution in [1.29, 1.82) is 0 Å². The largest absolute Gasteiger partial charge is 0.390 e. The van der Waals surface area contributed by atoms with E-state index in [1.165, 1.54) is 0 Å². The monoisotopic (exact) mass is 811 g/mol. The van der Waals surface area contributed by atoms with Crippen LogP contribution in [0.1, 0.15) is 88.0 Å². The predicted molar refractivity (Wildman–Crippen MR) is 234 cm³/mol. The van der Waals surface area contributed by atoms with Crippen LogP contribution in [0.3, 0.4) is 0 Å². The van der Waals surface area contributed by atoms with Crippen LogP contribution in [0.15, 0.2) is 109 Å². The van der Waals surface area contributed by atoms with Gasteiger partial charge in [0, 0.05) is 19.5 Å². The summed E-state index contributed by atoms with van der Waals surface area (Å²) in [5, 5.41) is 29.9. The van der Waals surface area contributed by atoms with E-state index in [1.54, 1.807) is 0 Å². The van der Waals surface area contributed by atoms with E-state index in [0.29, 0.717) is 12.8 Å². The van der Waals surface area contributed by atoms with Gasteiger partial charge in [-0.3, -0.25) is 24.0 Å². The van der Waals surface area contributed by atoms with E-state index in [9.17, 15) is 29.1 Å². The normalized spacial score (nSPS) is 20.1. The number of aliphatic hydroxyl groups excluding tert-OH is 1. The molecule has 314 valence electrons. The number of amides is 5. The average Bonchev–Trinajstić information content (AvgIpc) is 3.22. The Morgan fingerprint density at radius 2 is 1.22 bits per heavy atom. The van der Waals surface area contributed by atoms with Gasteiger partial charge in [0.15, 0.2) is 0 Å². The van der Waals surface area contributed by atoms with Crippen LogP contribution < -0.4 is 26.6 Å². The lowest BCUT2D eigenvalue weighted by Crippen LogP contribution is -2.54. The Morgan fingerprint density at radius 3 is 1.82 bits per heavy atom. The topological polar surface area (TPSA) is 166 Å². The molecule has 0 spiro atoms. The van der Waals surface area contributed by atoms with Crippen molar-refractivity contribution >= 4 is 51.1 Å². The van der Waals surface area contributed by atoms with E-state index in [1.807, 2.05) is 137 Å². The summed E-state index contributed by atoms with van der Waals surface area (Å²) in [4.78, 5) is 69.8. The summed E-state index contributed by atoms with van der Waals surface area (Å²) >= 11 is 0. The highest BCUT2D eigenvalue weighted by atomic mass is 16.3. The molecule has 0 radical (unpaired) electrons. The van der Waals surface area contributed by atoms with Gasteiger partial charge in [-0.25, -0.2) is 0 Å². The zero-order valence-electron chi connectivity index (χ0n) is 34.9. The van der Waals surface area contributed by atoms with Crippen LogP contribution in [0, 0.1) is 11.8 Å². The highest BCUT2D eigenvalue weighted by Gasteiger charge is 2.33. The van der Waals surface area contributed by atoms with E-state index in [4.69, 9.17) is 0 Å². The highest BCUT2D eigenvalue weighted by molar-refractivity contribution is 6.01. The molecule has 6 N–H and O–H groups in total. The van der Waals surface area contributed by atoms with Gasteiger partial charge in [0.05, 0.1) is 24.5 Å². The van der Waals surface area contributed by atoms with E-state index < -0.39 is 47.9 Å². The second-order valence-electron chi connectivity index (χ2n) is 16.7. The van der Waals surface area contributed by atoms with Gasteiger partial charge in [-0.1, -0.05) is 137 Å². The zero-order chi connectivity index (χ0) is 42.8. The molecule has 60 heavy (non-hydrogen) atoms. The van der Waals surface area contributed by atoms with Crippen LogP contribution in [0.4, 0.5) is 0 Å². The van der Waals surface area contributed by atoms with Crippen molar-refractivity contribution in [2.24, 2.45) is 11.8 Å². The van der Waals surface area contributed by atoms with Crippen LogP contribution in [0.5, 0.6) is 0 Å². The maximum atomic E-state index is 15.0. The quantitative estimate of drug-likeness (QED) is 0.110. The Balaban J connectivity index is 1.35. The molecule has 1 heterocycles. The molecule has 5 amide bonds. The molecule has 11 heteroatoms. The van der Waals surface area contributed by atoms with Gasteiger partial charge < -0.3 is 31.7 Å². The third-order valence-corrected chi connectivity index (χ3v) is 11.0. The number of rotatable bonds is 8. The molecule has 11 nitrogen and oxygen atoms in total. The molecular weight excluding hydrogens is 755 g/mol. The molecule has 2 bridgehead atoms. The Hall–Kier alpha value is -6.07. The Morgan fingerprint density at radius 1 is 0.667 bits per heavy atom. The van der Waals surface area contributed by atoms with Crippen molar-refractivity contribution in [2.75, 3.05) is 0 Å². The first kappa shape index (κ1) is 43.5. The standard InChI is InChI=1S/C49H57N5O6/c1-30(2)24-41-43(55)27-45(57)52-42(25-31(3)4)47(58)51-29-33-13-9-12-32(26-33)28-50-44(56)23-22-40(48(59)54-41)53-49(60)46(38-20-10-16-34-14-5-7-18-36(34)38)39-21-11-17-35-15-6-8-19-37(35)39/h5-21,26,30-31,40-43,46,55H,22-25,27-29H2,1-4H3,(H,50,56)(H,51,58)(H,52,57)(H,53,60)(H,54,59)/t40-,41-,42-,43-/m0/s1. The summed E-state index contributed by atoms with van der Waals surface area (Å²) < 4.78 is 0. The lowest BCUT2D eigenvalue weighted by atomic mass is 9.84. The first-order valence-electron chi connectivity index (χ1n) is 21.0. The van der Waals surface area contributed by atoms with Crippen LogP contribution >= 0.6 is 0 Å². The number of hydrogen-bond acceptors (Lipinski definition) is 6. The Labute approximate surface area is 352 Å². The van der Waals surface area contributed by atoms with E-state index in [0.717, 1.165) is 43.8 Å². The van der Waals surface area contributed by atoms with E-state index >= 15 is 0 Å². The third kappa shape index (κ3) is 11.4. The van der Waals surface area contributed by atoms with Crippen molar-refractivity contribution in [1.82, 2.24) is 26.6 Å². The molecule has 0 aliphatic carbocycles. The van der Waals surface area contributed by atoms with Crippen molar-refractivity contribution in [3.05, 3.63) is 131 Å². The SMILES string of the molecule is CC(C)C[C@@H]1NC(=O)C[C@H](O)[C@H](CC(C)C)NC(=O)[C@@H](NC(=O)C(c2cccc3ccccc23)c2cccc3ccccc23)CCC(=O)NCc2cccc(c2)CNC1=O. The first-order valence-corrected chi connectivity index (χ1v) is 21.0. The van der Waals surface area contributed by atoms with Gasteiger partial charge in [0.1, 0.15) is 12.1 Å². The number of carbonyl (C=O) groups is 5. The summed E-state index contributed by atoms with van der Waals surface area (Å²) in [6, 6.07) is 32.0. The summed E-state index contributed by atoms with van der Waals surface area (Å²) in [6.45, 7) is 8.23. The minimum absolute atomic E-state index is 0.0102. The molecule has 5 aromatic carbocycles. The number of benzene rings is 5. The molecule has 1 aliphatic rings. The number of nitrogens with one attached hydrogen (secondary N) is 5. The highest BCUT2D eigenvalue weighted by Crippen LogP contribution is 2.35. The Kier molecular flexibility index (Phi) is 14.7. The molecule has 0 saturated heterocycles. The van der Waals surface area contributed by atoms with Crippen molar-refractivity contribution in [3.63, 3.8) is 0 Å². The van der Waals surface area contributed by atoms with Gasteiger partial charge in [0.25, 0.3) is 0 Å². The van der Waals surface area contributed by atoms with Crippen LogP contribution in [0.25, 0.3) is 21.5 Å². The van der Waals surface area contributed by atoms with Crippen molar-refractivity contribution < 1.29 is 29.1 Å². The molecule has 4 atom stereocenters. The number of hydrogen-bond donors (Lipinski definition) is 6. The minimum Gasteiger partial charge on any atom is -0.390 e. The molecule has 6 rings (SSSR count). The van der Waals surface area contributed by atoms with Gasteiger partial charge in [0.2, 0.25) is 29.5 Å². The second kappa shape index (κ2) is 20.3. The third-order valence-electron chi connectivity index (χ3n) is 11.0. The van der Waals surface area contributed by atoms with Gasteiger partial charge in [-0.15, -0.1) is 0 Å². The lowest BCUT2D eigenvalue weighted by Gasteiger charge is -2.29. The minimum atomic E-state index is -1.31. The fourth-order valence-electron chi connectivity index (χ4n) is 8.10. The van der Waals surface area contributed by atoms with Crippen molar-refractivity contribution in [3.8, 4) is 0 Å². The summed E-state index contributed by atoms with van der Waals surface area (Å²) in [5.74, 6) is -2.96. The molecule has 0 saturated carbocycles.